The van der Waals surface area contributed by atoms with Crippen molar-refractivity contribution >= 4 is 17.6 Å². The summed E-state index contributed by atoms with van der Waals surface area (Å²) in [5, 5.41) is 5.66. The standard InChI is InChI=1S/C14H15FN2O3/c1-8(9-6-16-7-9)13(18)17-12-4-3-10(15)5-11(12)14(19)20-2/h3-5,16H,6-7H2,1-2H3,(H,17,18). The normalized spacial score (nSPS) is 13.4. The van der Waals surface area contributed by atoms with E-state index in [1.807, 2.05) is 0 Å². The van der Waals surface area contributed by atoms with E-state index in [0.717, 1.165) is 11.6 Å². The molecular formula is C14H15FN2O3. The number of halogens is 1. The Morgan fingerprint density at radius 1 is 1.35 bits per heavy atom. The second-order valence-corrected chi connectivity index (χ2v) is 4.47. The van der Waals surface area contributed by atoms with Gasteiger partial charge in [-0.05, 0) is 30.7 Å². The first-order valence-corrected chi connectivity index (χ1v) is 6.11. The number of ether oxygens (including phenoxy) is 1. The van der Waals surface area contributed by atoms with Gasteiger partial charge in [-0.2, -0.15) is 0 Å². The average Bonchev–Trinajstić information content (AvgIpc) is 2.37. The highest BCUT2D eigenvalue weighted by Crippen LogP contribution is 2.20. The van der Waals surface area contributed by atoms with Gasteiger partial charge < -0.3 is 15.4 Å². The summed E-state index contributed by atoms with van der Waals surface area (Å²) in [5.74, 6) is -1.57. The molecule has 5 nitrogen and oxygen atoms in total. The Balaban J connectivity index is 2.25. The minimum absolute atomic E-state index is 0.00890. The molecule has 6 heteroatoms. The van der Waals surface area contributed by atoms with Gasteiger partial charge in [0.25, 0.3) is 5.91 Å². The van der Waals surface area contributed by atoms with Crippen LogP contribution in [-0.4, -0.2) is 32.1 Å². The van der Waals surface area contributed by atoms with Crippen molar-refractivity contribution in [2.24, 2.45) is 0 Å². The fraction of sp³-hybridized carbons (Fsp3) is 0.286. The molecule has 2 rings (SSSR count). The van der Waals surface area contributed by atoms with Gasteiger partial charge >= 0.3 is 5.97 Å². The number of hydrogen-bond acceptors (Lipinski definition) is 4. The largest absolute Gasteiger partial charge is 0.465 e. The van der Waals surface area contributed by atoms with E-state index in [9.17, 15) is 14.0 Å². The fourth-order valence-electron chi connectivity index (χ4n) is 1.80. The molecule has 0 aliphatic carbocycles. The van der Waals surface area contributed by atoms with Crippen LogP contribution in [0.15, 0.2) is 29.3 Å². The van der Waals surface area contributed by atoms with Crippen LogP contribution in [0.3, 0.4) is 0 Å². The molecule has 0 unspecified atom stereocenters. The number of rotatable bonds is 3. The number of esters is 1. The predicted molar refractivity (Wildman–Crippen MR) is 71.9 cm³/mol. The third-order valence-electron chi connectivity index (χ3n) is 3.18. The van der Waals surface area contributed by atoms with E-state index in [0.29, 0.717) is 18.7 Å². The van der Waals surface area contributed by atoms with E-state index in [1.54, 1.807) is 6.92 Å². The maximum absolute atomic E-state index is 13.2. The summed E-state index contributed by atoms with van der Waals surface area (Å²) in [7, 11) is 1.20. The van der Waals surface area contributed by atoms with E-state index < -0.39 is 11.8 Å². The van der Waals surface area contributed by atoms with E-state index >= 15 is 0 Å². The van der Waals surface area contributed by atoms with Crippen LogP contribution in [0.25, 0.3) is 0 Å². The average molecular weight is 278 g/mol. The highest BCUT2D eigenvalue weighted by molar-refractivity contribution is 6.07. The van der Waals surface area contributed by atoms with Crippen molar-refractivity contribution in [2.45, 2.75) is 6.92 Å². The SMILES string of the molecule is COC(=O)c1cc(F)ccc1NC(=O)C(C)=C1CNC1. The Kier molecular flexibility index (Phi) is 4.14. The highest BCUT2D eigenvalue weighted by Gasteiger charge is 2.19. The molecule has 0 spiro atoms. The van der Waals surface area contributed by atoms with Gasteiger partial charge in [-0.15, -0.1) is 0 Å². The lowest BCUT2D eigenvalue weighted by atomic mass is 10.0. The Morgan fingerprint density at radius 2 is 2.05 bits per heavy atom. The van der Waals surface area contributed by atoms with Crippen LogP contribution >= 0.6 is 0 Å². The number of carbonyl (C=O) groups excluding carboxylic acids is 2. The van der Waals surface area contributed by atoms with Crippen molar-refractivity contribution in [2.75, 3.05) is 25.5 Å². The molecule has 1 fully saturated rings. The van der Waals surface area contributed by atoms with Gasteiger partial charge in [-0.3, -0.25) is 4.79 Å². The fourth-order valence-corrected chi connectivity index (χ4v) is 1.80. The minimum Gasteiger partial charge on any atom is -0.465 e. The monoisotopic (exact) mass is 278 g/mol. The lowest BCUT2D eigenvalue weighted by Gasteiger charge is -2.21. The quantitative estimate of drug-likeness (QED) is 0.649. The van der Waals surface area contributed by atoms with Gasteiger partial charge in [-0.25, -0.2) is 9.18 Å². The van der Waals surface area contributed by atoms with Crippen LogP contribution in [0.4, 0.5) is 10.1 Å². The smallest absolute Gasteiger partial charge is 0.340 e. The topological polar surface area (TPSA) is 67.4 Å². The predicted octanol–water partition coefficient (Wildman–Crippen LogP) is 1.47. The zero-order chi connectivity index (χ0) is 14.7. The number of amides is 1. The number of anilines is 1. The van der Waals surface area contributed by atoms with Gasteiger partial charge in [0.15, 0.2) is 0 Å². The van der Waals surface area contributed by atoms with E-state index in [-0.39, 0.29) is 17.2 Å². The van der Waals surface area contributed by atoms with Crippen LogP contribution < -0.4 is 10.6 Å². The maximum atomic E-state index is 13.2. The first kappa shape index (κ1) is 14.2. The van der Waals surface area contributed by atoms with E-state index in [4.69, 9.17) is 0 Å². The molecule has 0 saturated carbocycles. The van der Waals surface area contributed by atoms with Crippen molar-refractivity contribution in [1.29, 1.82) is 0 Å². The molecule has 0 radical (unpaired) electrons. The molecule has 1 saturated heterocycles. The lowest BCUT2D eigenvalue weighted by molar-refractivity contribution is -0.112. The summed E-state index contributed by atoms with van der Waals surface area (Å²) in [5.41, 5.74) is 1.84. The first-order valence-electron chi connectivity index (χ1n) is 6.11. The molecule has 0 atom stereocenters. The second kappa shape index (κ2) is 5.83. The van der Waals surface area contributed by atoms with Crippen LogP contribution in [0.1, 0.15) is 17.3 Å². The Labute approximate surface area is 115 Å². The lowest BCUT2D eigenvalue weighted by Crippen LogP contribution is -2.36. The number of methoxy groups -OCH3 is 1. The van der Waals surface area contributed by atoms with Gasteiger partial charge in [-0.1, -0.05) is 0 Å². The van der Waals surface area contributed by atoms with Crippen LogP contribution in [-0.2, 0) is 9.53 Å². The minimum atomic E-state index is -0.699. The number of hydrogen-bond donors (Lipinski definition) is 2. The summed E-state index contributed by atoms with van der Waals surface area (Å²) in [6, 6.07) is 3.56. The molecule has 1 amide bonds. The highest BCUT2D eigenvalue weighted by atomic mass is 19.1. The van der Waals surface area contributed by atoms with Crippen LogP contribution in [0.5, 0.6) is 0 Å². The van der Waals surface area contributed by atoms with Crippen molar-refractivity contribution in [3.63, 3.8) is 0 Å². The summed E-state index contributed by atoms with van der Waals surface area (Å²) in [4.78, 5) is 23.6. The van der Waals surface area contributed by atoms with Gasteiger partial charge in [0.2, 0.25) is 0 Å². The van der Waals surface area contributed by atoms with Crippen LogP contribution in [0.2, 0.25) is 0 Å². The Morgan fingerprint density at radius 3 is 2.60 bits per heavy atom. The first-order chi connectivity index (χ1) is 9.52. The molecule has 1 aliphatic rings. The summed E-state index contributed by atoms with van der Waals surface area (Å²) < 4.78 is 17.8. The van der Waals surface area contributed by atoms with Gasteiger partial charge in [0, 0.05) is 18.7 Å². The molecule has 0 bridgehead atoms. The number of carbonyl (C=O) groups is 2. The molecule has 1 heterocycles. The third-order valence-corrected chi connectivity index (χ3v) is 3.18. The second-order valence-electron chi connectivity index (χ2n) is 4.47. The van der Waals surface area contributed by atoms with E-state index in [1.165, 1.54) is 19.2 Å². The molecule has 20 heavy (non-hydrogen) atoms. The molecule has 2 N–H and O–H groups in total. The van der Waals surface area contributed by atoms with Gasteiger partial charge in [0.1, 0.15) is 5.82 Å². The number of nitrogens with one attached hydrogen (secondary N) is 2. The zero-order valence-corrected chi connectivity index (χ0v) is 11.2. The maximum Gasteiger partial charge on any atom is 0.340 e. The summed E-state index contributed by atoms with van der Waals surface area (Å²) >= 11 is 0. The number of benzene rings is 1. The van der Waals surface area contributed by atoms with Crippen molar-refractivity contribution < 1.29 is 18.7 Å². The molecule has 1 aromatic carbocycles. The van der Waals surface area contributed by atoms with Crippen molar-refractivity contribution in [3.8, 4) is 0 Å². The zero-order valence-electron chi connectivity index (χ0n) is 11.2. The van der Waals surface area contributed by atoms with E-state index in [2.05, 4.69) is 15.4 Å². The van der Waals surface area contributed by atoms with Crippen molar-refractivity contribution in [3.05, 3.63) is 40.7 Å². The molecule has 0 aromatic heterocycles. The molecular weight excluding hydrogens is 263 g/mol. The Bertz CT molecular complexity index is 590. The third kappa shape index (κ3) is 2.85. The van der Waals surface area contributed by atoms with Gasteiger partial charge in [0.05, 0.1) is 18.4 Å². The van der Waals surface area contributed by atoms with Crippen molar-refractivity contribution in [1.82, 2.24) is 5.32 Å². The summed E-state index contributed by atoms with van der Waals surface area (Å²) in [6.07, 6.45) is 0. The molecule has 1 aliphatic heterocycles. The molecule has 1 aromatic rings. The Hall–Kier alpha value is -2.21. The van der Waals surface area contributed by atoms with Crippen LogP contribution in [0, 0.1) is 5.82 Å². The molecule has 106 valence electrons. The summed E-state index contributed by atoms with van der Waals surface area (Å²) in [6.45, 7) is 3.09.